The molecule has 0 unspecified atom stereocenters. The monoisotopic (exact) mass is 383 g/mol. The van der Waals surface area contributed by atoms with Gasteiger partial charge in [0.25, 0.3) is 5.56 Å². The summed E-state index contributed by atoms with van der Waals surface area (Å²) in [5, 5.41) is 5.96. The molecule has 1 aromatic carbocycles. The second-order valence-corrected chi connectivity index (χ2v) is 7.64. The number of aromatic nitrogens is 2. The van der Waals surface area contributed by atoms with Crippen LogP contribution in [0, 0.1) is 6.92 Å². The molecular formula is C19H21N5O2S. The van der Waals surface area contributed by atoms with Crippen molar-refractivity contribution in [1.82, 2.24) is 19.8 Å². The van der Waals surface area contributed by atoms with Crippen LogP contribution in [0.25, 0.3) is 20.7 Å². The number of fused-ring (bicyclic) bond motifs is 1. The van der Waals surface area contributed by atoms with E-state index in [0.29, 0.717) is 42.3 Å². The summed E-state index contributed by atoms with van der Waals surface area (Å²) in [6, 6.07) is 10.1. The summed E-state index contributed by atoms with van der Waals surface area (Å²) in [6.45, 7) is 4.55. The highest BCUT2D eigenvalue weighted by atomic mass is 32.1. The number of urea groups is 1. The zero-order valence-corrected chi connectivity index (χ0v) is 16.1. The molecule has 0 spiro atoms. The van der Waals surface area contributed by atoms with Crippen LogP contribution in [-0.2, 0) is 7.05 Å². The summed E-state index contributed by atoms with van der Waals surface area (Å²) < 4.78 is 2.19. The van der Waals surface area contributed by atoms with Gasteiger partial charge in [-0.2, -0.15) is 0 Å². The van der Waals surface area contributed by atoms with Crippen LogP contribution < -0.4 is 16.2 Å². The van der Waals surface area contributed by atoms with Crippen LogP contribution in [0.5, 0.6) is 0 Å². The predicted octanol–water partition coefficient (Wildman–Crippen LogP) is 2.41. The fourth-order valence-corrected chi connectivity index (χ4v) is 4.39. The molecule has 3 aromatic rings. The average Bonchev–Trinajstić information content (AvgIpc) is 3.26. The Morgan fingerprint density at radius 3 is 2.85 bits per heavy atom. The fourth-order valence-electron chi connectivity index (χ4n) is 3.22. The number of amides is 2. The Balaban J connectivity index is 1.61. The van der Waals surface area contributed by atoms with Crippen molar-refractivity contribution in [3.63, 3.8) is 0 Å². The van der Waals surface area contributed by atoms with Crippen molar-refractivity contribution in [3.8, 4) is 10.4 Å². The van der Waals surface area contributed by atoms with Gasteiger partial charge in [0.15, 0.2) is 0 Å². The minimum atomic E-state index is -0.0637. The first-order chi connectivity index (χ1) is 13.0. The first kappa shape index (κ1) is 17.5. The van der Waals surface area contributed by atoms with Gasteiger partial charge in [-0.25, -0.2) is 9.78 Å². The third kappa shape index (κ3) is 3.28. The van der Waals surface area contributed by atoms with Gasteiger partial charge in [-0.15, -0.1) is 11.3 Å². The Bertz CT molecular complexity index is 1070. The molecule has 0 atom stereocenters. The van der Waals surface area contributed by atoms with E-state index in [9.17, 15) is 9.59 Å². The Hall–Kier alpha value is -2.87. The zero-order chi connectivity index (χ0) is 19.0. The Morgan fingerprint density at radius 2 is 2.11 bits per heavy atom. The van der Waals surface area contributed by atoms with Crippen molar-refractivity contribution in [2.75, 3.05) is 31.5 Å². The summed E-state index contributed by atoms with van der Waals surface area (Å²) in [4.78, 5) is 31.8. The molecule has 0 bridgehead atoms. The zero-order valence-electron chi connectivity index (χ0n) is 15.3. The van der Waals surface area contributed by atoms with Gasteiger partial charge in [0.2, 0.25) is 5.95 Å². The highest BCUT2D eigenvalue weighted by Gasteiger charge is 2.19. The molecule has 1 aliphatic heterocycles. The standard InChI is InChI=1S/C19H21N5O2S/c1-12-5-3-4-6-13(12)15-11-14-16(27-15)17(25)23(2)18(22-14)20-7-9-24-10-8-21-19(24)26/h3-6,11H,7-10H2,1-2H3,(H,20,22)(H,21,26). The molecule has 2 aromatic heterocycles. The van der Waals surface area contributed by atoms with Crippen LogP contribution >= 0.6 is 11.3 Å². The predicted molar refractivity (Wildman–Crippen MR) is 108 cm³/mol. The lowest BCUT2D eigenvalue weighted by Gasteiger charge is -2.15. The van der Waals surface area contributed by atoms with Crippen molar-refractivity contribution in [1.29, 1.82) is 0 Å². The van der Waals surface area contributed by atoms with Gasteiger partial charge in [-0.05, 0) is 24.1 Å². The van der Waals surface area contributed by atoms with Gasteiger partial charge >= 0.3 is 6.03 Å². The van der Waals surface area contributed by atoms with Crippen LogP contribution in [0.3, 0.4) is 0 Å². The topological polar surface area (TPSA) is 79.3 Å². The van der Waals surface area contributed by atoms with Gasteiger partial charge in [-0.1, -0.05) is 24.3 Å². The van der Waals surface area contributed by atoms with E-state index in [1.165, 1.54) is 21.5 Å². The van der Waals surface area contributed by atoms with Crippen molar-refractivity contribution in [2.45, 2.75) is 6.92 Å². The number of aryl methyl sites for hydroxylation is 1. The average molecular weight is 383 g/mol. The number of hydrogen-bond acceptors (Lipinski definition) is 5. The van der Waals surface area contributed by atoms with E-state index in [1.807, 2.05) is 18.2 Å². The molecule has 2 N–H and O–H groups in total. The van der Waals surface area contributed by atoms with E-state index < -0.39 is 0 Å². The van der Waals surface area contributed by atoms with E-state index >= 15 is 0 Å². The molecule has 3 heterocycles. The summed E-state index contributed by atoms with van der Waals surface area (Å²) in [7, 11) is 1.72. The maximum absolute atomic E-state index is 12.8. The number of carbonyl (C=O) groups is 1. The number of anilines is 1. The number of carbonyl (C=O) groups excluding carboxylic acids is 1. The largest absolute Gasteiger partial charge is 0.354 e. The first-order valence-electron chi connectivity index (χ1n) is 8.88. The van der Waals surface area contributed by atoms with Crippen molar-refractivity contribution >= 4 is 33.5 Å². The second kappa shape index (κ2) is 7.03. The summed E-state index contributed by atoms with van der Waals surface area (Å²) in [5.74, 6) is 0.515. The SMILES string of the molecule is Cc1ccccc1-c1cc2nc(NCCN3CCNC3=O)n(C)c(=O)c2s1. The maximum Gasteiger partial charge on any atom is 0.317 e. The van der Waals surface area contributed by atoms with Crippen molar-refractivity contribution in [3.05, 3.63) is 46.2 Å². The maximum atomic E-state index is 12.8. The quantitative estimate of drug-likeness (QED) is 0.709. The van der Waals surface area contributed by atoms with Gasteiger partial charge < -0.3 is 15.5 Å². The molecule has 8 heteroatoms. The van der Waals surface area contributed by atoms with E-state index in [-0.39, 0.29) is 11.6 Å². The number of hydrogen-bond donors (Lipinski definition) is 2. The number of thiophene rings is 1. The van der Waals surface area contributed by atoms with Gasteiger partial charge in [-0.3, -0.25) is 9.36 Å². The van der Waals surface area contributed by atoms with E-state index in [4.69, 9.17) is 0 Å². The van der Waals surface area contributed by atoms with Gasteiger partial charge in [0.1, 0.15) is 4.70 Å². The Kier molecular flexibility index (Phi) is 4.57. The molecule has 1 aliphatic rings. The van der Waals surface area contributed by atoms with Crippen LogP contribution in [0.1, 0.15) is 5.56 Å². The second-order valence-electron chi connectivity index (χ2n) is 6.59. The number of nitrogens with zero attached hydrogens (tertiary/aromatic N) is 3. The Labute approximate surface area is 160 Å². The summed E-state index contributed by atoms with van der Waals surface area (Å²) in [5.41, 5.74) is 2.93. The third-order valence-corrected chi connectivity index (χ3v) is 5.92. The van der Waals surface area contributed by atoms with Gasteiger partial charge in [0, 0.05) is 38.1 Å². The lowest BCUT2D eigenvalue weighted by atomic mass is 10.1. The molecule has 1 saturated heterocycles. The molecule has 27 heavy (non-hydrogen) atoms. The minimum Gasteiger partial charge on any atom is -0.354 e. The number of rotatable bonds is 5. The molecule has 4 rings (SSSR count). The smallest absolute Gasteiger partial charge is 0.317 e. The van der Waals surface area contributed by atoms with E-state index in [1.54, 1.807) is 11.9 Å². The molecule has 1 fully saturated rings. The summed E-state index contributed by atoms with van der Waals surface area (Å²) in [6.07, 6.45) is 0. The molecule has 140 valence electrons. The normalized spacial score (nSPS) is 14.0. The third-order valence-electron chi connectivity index (χ3n) is 4.78. The summed E-state index contributed by atoms with van der Waals surface area (Å²) >= 11 is 1.47. The molecule has 0 radical (unpaired) electrons. The molecule has 0 aliphatic carbocycles. The minimum absolute atomic E-state index is 0.0465. The molecule has 0 saturated carbocycles. The fraction of sp³-hybridized carbons (Fsp3) is 0.316. The van der Waals surface area contributed by atoms with E-state index in [2.05, 4.69) is 34.7 Å². The van der Waals surface area contributed by atoms with Crippen molar-refractivity contribution in [2.24, 2.45) is 7.05 Å². The highest BCUT2D eigenvalue weighted by molar-refractivity contribution is 7.22. The highest BCUT2D eigenvalue weighted by Crippen LogP contribution is 2.33. The molecule has 7 nitrogen and oxygen atoms in total. The lowest BCUT2D eigenvalue weighted by Crippen LogP contribution is -2.33. The molecule has 2 amide bonds. The van der Waals surface area contributed by atoms with Crippen molar-refractivity contribution < 1.29 is 4.79 Å². The Morgan fingerprint density at radius 1 is 1.30 bits per heavy atom. The molecular weight excluding hydrogens is 362 g/mol. The van der Waals surface area contributed by atoms with Crippen LogP contribution in [-0.4, -0.2) is 46.7 Å². The lowest BCUT2D eigenvalue weighted by molar-refractivity contribution is 0.219. The number of nitrogens with one attached hydrogen (secondary N) is 2. The number of benzene rings is 1. The van der Waals surface area contributed by atoms with Gasteiger partial charge in [0.05, 0.1) is 5.52 Å². The van der Waals surface area contributed by atoms with E-state index in [0.717, 1.165) is 10.4 Å². The first-order valence-corrected chi connectivity index (χ1v) is 9.69. The van der Waals surface area contributed by atoms with Crippen LogP contribution in [0.4, 0.5) is 10.7 Å². The van der Waals surface area contributed by atoms with Crippen LogP contribution in [0.15, 0.2) is 35.1 Å². The van der Waals surface area contributed by atoms with Crippen LogP contribution in [0.2, 0.25) is 0 Å².